The molecule has 0 aliphatic rings. The minimum absolute atomic E-state index is 0.649. The van der Waals surface area contributed by atoms with E-state index in [9.17, 15) is 0 Å². The maximum absolute atomic E-state index is 5.78. The molecule has 1 aromatic heterocycles. The van der Waals surface area contributed by atoms with Gasteiger partial charge in [-0.25, -0.2) is 9.97 Å². The van der Waals surface area contributed by atoms with Crippen molar-refractivity contribution in [2.24, 2.45) is 5.92 Å². The van der Waals surface area contributed by atoms with Gasteiger partial charge in [0.05, 0.1) is 12.1 Å². The number of aromatic nitrogens is 2. The van der Waals surface area contributed by atoms with Crippen LogP contribution in [-0.4, -0.2) is 23.1 Å². The number of anilines is 1. The van der Waals surface area contributed by atoms with Gasteiger partial charge in [-0.05, 0) is 43.0 Å². The summed E-state index contributed by atoms with van der Waals surface area (Å²) in [5.41, 5.74) is 3.14. The number of nitrogens with one attached hydrogen (secondary N) is 1. The highest BCUT2D eigenvalue weighted by Gasteiger charge is 2.09. The van der Waals surface area contributed by atoms with Gasteiger partial charge in [0.2, 0.25) is 0 Å². The number of para-hydroxylation sites is 1. The van der Waals surface area contributed by atoms with Gasteiger partial charge >= 0.3 is 0 Å². The molecule has 0 spiro atoms. The first-order chi connectivity index (χ1) is 12.2. The second kappa shape index (κ2) is 7.97. The molecule has 4 nitrogen and oxygen atoms in total. The van der Waals surface area contributed by atoms with Crippen molar-refractivity contribution in [3.63, 3.8) is 0 Å². The Labute approximate surface area is 149 Å². The lowest BCUT2D eigenvalue weighted by Gasteiger charge is -2.13. The molecule has 25 heavy (non-hydrogen) atoms. The maximum Gasteiger partial charge on any atom is 0.137 e. The summed E-state index contributed by atoms with van der Waals surface area (Å²) in [7, 11) is 0. The van der Waals surface area contributed by atoms with Crippen molar-refractivity contribution in [2.75, 3.05) is 18.5 Å². The Bertz CT molecular complexity index is 845. The third-order valence-electron chi connectivity index (χ3n) is 4.15. The molecule has 0 saturated heterocycles. The molecule has 3 aromatic rings. The predicted octanol–water partition coefficient (Wildman–Crippen LogP) is 5.15. The number of hydrogen-bond acceptors (Lipinski definition) is 4. The van der Waals surface area contributed by atoms with Gasteiger partial charge < -0.3 is 10.1 Å². The van der Waals surface area contributed by atoms with Crippen LogP contribution in [0.2, 0.25) is 0 Å². The van der Waals surface area contributed by atoms with E-state index in [1.165, 1.54) is 0 Å². The zero-order valence-corrected chi connectivity index (χ0v) is 15.1. The Kier molecular flexibility index (Phi) is 5.49. The van der Waals surface area contributed by atoms with Crippen LogP contribution in [0, 0.1) is 5.92 Å². The zero-order chi connectivity index (χ0) is 17.6. The molecule has 0 fully saturated rings. The van der Waals surface area contributed by atoms with E-state index in [0.717, 1.165) is 46.6 Å². The lowest BCUT2D eigenvalue weighted by Crippen LogP contribution is -2.07. The zero-order valence-electron chi connectivity index (χ0n) is 15.1. The highest BCUT2D eigenvalue weighted by molar-refractivity contribution is 5.93. The molecule has 0 aliphatic carbocycles. The van der Waals surface area contributed by atoms with Crippen LogP contribution in [0.25, 0.3) is 22.0 Å². The van der Waals surface area contributed by atoms with E-state index in [1.54, 1.807) is 6.33 Å². The minimum atomic E-state index is 0.649. The van der Waals surface area contributed by atoms with Gasteiger partial charge in [0.25, 0.3) is 0 Å². The quantitative estimate of drug-likeness (QED) is 0.648. The first-order valence-corrected chi connectivity index (χ1v) is 8.90. The monoisotopic (exact) mass is 335 g/mol. The summed E-state index contributed by atoms with van der Waals surface area (Å²) in [6, 6.07) is 14.4. The van der Waals surface area contributed by atoms with Crippen LogP contribution >= 0.6 is 0 Å². The predicted molar refractivity (Wildman–Crippen MR) is 104 cm³/mol. The average molecular weight is 335 g/mol. The standard InChI is InChI=1S/C21H25N3O/c1-4-25-20-8-6-5-7-17(20)16-9-10-19-18(13-16)21(24-14-23-19)22-12-11-15(2)3/h5-10,13-15H,4,11-12H2,1-3H3,(H,22,23,24). The second-order valence-corrected chi connectivity index (χ2v) is 6.49. The first kappa shape index (κ1) is 17.2. The van der Waals surface area contributed by atoms with Crippen LogP contribution in [0.3, 0.4) is 0 Å². The first-order valence-electron chi connectivity index (χ1n) is 8.90. The van der Waals surface area contributed by atoms with Gasteiger partial charge in [-0.2, -0.15) is 0 Å². The van der Waals surface area contributed by atoms with E-state index in [-0.39, 0.29) is 0 Å². The molecule has 0 saturated carbocycles. The van der Waals surface area contributed by atoms with E-state index in [0.29, 0.717) is 12.5 Å². The number of ether oxygens (including phenoxy) is 1. The van der Waals surface area contributed by atoms with Crippen LogP contribution in [0.4, 0.5) is 5.82 Å². The number of nitrogens with zero attached hydrogens (tertiary/aromatic N) is 2. The minimum Gasteiger partial charge on any atom is -0.493 e. The highest BCUT2D eigenvalue weighted by Crippen LogP contribution is 2.33. The molecule has 3 rings (SSSR count). The fourth-order valence-corrected chi connectivity index (χ4v) is 2.83. The summed E-state index contributed by atoms with van der Waals surface area (Å²) in [6.45, 7) is 8.01. The largest absolute Gasteiger partial charge is 0.493 e. The molecule has 0 aliphatic heterocycles. The molecule has 0 bridgehead atoms. The smallest absolute Gasteiger partial charge is 0.137 e. The van der Waals surface area contributed by atoms with Crippen molar-refractivity contribution in [3.05, 3.63) is 48.8 Å². The molecule has 0 atom stereocenters. The number of benzene rings is 2. The third kappa shape index (κ3) is 4.08. The number of hydrogen-bond donors (Lipinski definition) is 1. The van der Waals surface area contributed by atoms with Crippen LogP contribution in [0.5, 0.6) is 5.75 Å². The van der Waals surface area contributed by atoms with Gasteiger partial charge in [-0.1, -0.05) is 38.1 Å². The number of fused-ring (bicyclic) bond motifs is 1. The Balaban J connectivity index is 1.99. The molecule has 130 valence electrons. The Morgan fingerprint density at radius 2 is 1.92 bits per heavy atom. The van der Waals surface area contributed by atoms with Crippen molar-refractivity contribution < 1.29 is 4.74 Å². The Morgan fingerprint density at radius 3 is 2.72 bits per heavy atom. The van der Waals surface area contributed by atoms with Crippen molar-refractivity contribution in [3.8, 4) is 16.9 Å². The van der Waals surface area contributed by atoms with Crippen LogP contribution in [-0.2, 0) is 0 Å². The van der Waals surface area contributed by atoms with Gasteiger partial charge in [-0.3, -0.25) is 0 Å². The molecule has 0 radical (unpaired) electrons. The third-order valence-corrected chi connectivity index (χ3v) is 4.15. The van der Waals surface area contributed by atoms with E-state index in [2.05, 4.69) is 47.3 Å². The van der Waals surface area contributed by atoms with Gasteiger partial charge in [0.15, 0.2) is 0 Å². The van der Waals surface area contributed by atoms with Crippen LogP contribution in [0.15, 0.2) is 48.8 Å². The van der Waals surface area contributed by atoms with E-state index >= 15 is 0 Å². The highest BCUT2D eigenvalue weighted by atomic mass is 16.5. The average Bonchev–Trinajstić information content (AvgIpc) is 2.62. The van der Waals surface area contributed by atoms with Gasteiger partial charge in [0, 0.05) is 17.5 Å². The summed E-state index contributed by atoms with van der Waals surface area (Å²) in [4.78, 5) is 8.84. The maximum atomic E-state index is 5.78. The van der Waals surface area contributed by atoms with Gasteiger partial charge in [0.1, 0.15) is 17.9 Å². The topological polar surface area (TPSA) is 47.0 Å². The normalized spacial score (nSPS) is 11.0. The lowest BCUT2D eigenvalue weighted by atomic mass is 10.0. The SMILES string of the molecule is CCOc1ccccc1-c1ccc2ncnc(NCCC(C)C)c2c1. The Hall–Kier alpha value is -2.62. The molecule has 4 heteroatoms. The molecular weight excluding hydrogens is 310 g/mol. The Morgan fingerprint density at radius 1 is 1.08 bits per heavy atom. The fourth-order valence-electron chi connectivity index (χ4n) is 2.83. The molecule has 1 heterocycles. The molecule has 0 unspecified atom stereocenters. The molecule has 0 amide bonds. The van der Waals surface area contributed by atoms with E-state index in [4.69, 9.17) is 4.74 Å². The summed E-state index contributed by atoms with van der Waals surface area (Å²) >= 11 is 0. The van der Waals surface area contributed by atoms with Gasteiger partial charge in [-0.15, -0.1) is 0 Å². The molecular formula is C21H25N3O. The summed E-state index contributed by atoms with van der Waals surface area (Å²) in [5, 5.41) is 4.49. The summed E-state index contributed by atoms with van der Waals surface area (Å²) in [5.74, 6) is 2.45. The summed E-state index contributed by atoms with van der Waals surface area (Å²) in [6.07, 6.45) is 2.73. The number of rotatable bonds is 7. The van der Waals surface area contributed by atoms with Crippen LogP contribution < -0.4 is 10.1 Å². The van der Waals surface area contributed by atoms with Crippen molar-refractivity contribution in [1.29, 1.82) is 0 Å². The van der Waals surface area contributed by atoms with Crippen LogP contribution in [0.1, 0.15) is 27.2 Å². The van der Waals surface area contributed by atoms with Crippen molar-refractivity contribution in [1.82, 2.24) is 9.97 Å². The molecule has 2 aromatic carbocycles. The van der Waals surface area contributed by atoms with E-state index < -0.39 is 0 Å². The summed E-state index contributed by atoms with van der Waals surface area (Å²) < 4.78 is 5.78. The second-order valence-electron chi connectivity index (χ2n) is 6.49. The van der Waals surface area contributed by atoms with E-state index in [1.807, 2.05) is 31.2 Å². The lowest BCUT2D eigenvalue weighted by molar-refractivity contribution is 0.341. The fraction of sp³-hybridized carbons (Fsp3) is 0.333. The van der Waals surface area contributed by atoms with Crippen molar-refractivity contribution >= 4 is 16.7 Å². The molecule has 1 N–H and O–H groups in total. The van der Waals surface area contributed by atoms with Crippen molar-refractivity contribution in [2.45, 2.75) is 27.2 Å².